The van der Waals surface area contributed by atoms with E-state index >= 15 is 0 Å². The molecule has 0 radical (unpaired) electrons. The van der Waals surface area contributed by atoms with Crippen molar-refractivity contribution in [2.45, 2.75) is 71.5 Å². The number of nitrogens with zero attached hydrogens (tertiary/aromatic N) is 1. The Balaban J connectivity index is 1.34. The van der Waals surface area contributed by atoms with Gasteiger partial charge in [-0.3, -0.25) is 4.79 Å². The van der Waals surface area contributed by atoms with E-state index < -0.39 is 11.2 Å². The Morgan fingerprint density at radius 2 is 1.86 bits per heavy atom. The maximum Gasteiger partial charge on any atom is 0.340 e. The van der Waals surface area contributed by atoms with Crippen molar-refractivity contribution in [3.05, 3.63) is 74.6 Å². The van der Waals surface area contributed by atoms with E-state index in [2.05, 4.69) is 12.1 Å². The van der Waals surface area contributed by atoms with Gasteiger partial charge in [0, 0.05) is 30.0 Å². The molecule has 2 atom stereocenters. The molecule has 2 aromatic carbocycles. The molecule has 6 nitrogen and oxygen atoms in total. The van der Waals surface area contributed by atoms with Crippen molar-refractivity contribution in [3.63, 3.8) is 0 Å². The van der Waals surface area contributed by atoms with E-state index in [1.165, 1.54) is 5.56 Å². The van der Waals surface area contributed by atoms with Crippen LogP contribution in [0.2, 0.25) is 0 Å². The van der Waals surface area contributed by atoms with Crippen molar-refractivity contribution < 1.29 is 19.1 Å². The molecule has 6 heteroatoms. The van der Waals surface area contributed by atoms with E-state index in [9.17, 15) is 14.7 Å². The standard InChI is InChI=1S/C30H35NO5/c1-19-7-9-22(10-8-19)18-35-26-12-11-24-20(2)25(29(33)36-28(24)21(26)3)16-27(32)31-15-14-30(34)13-5-4-6-23(30)17-31/h7-12,23,34H,4-6,13-18H2,1-3H3. The summed E-state index contributed by atoms with van der Waals surface area (Å²) in [5, 5.41) is 11.8. The Morgan fingerprint density at radius 1 is 1.08 bits per heavy atom. The van der Waals surface area contributed by atoms with Crippen molar-refractivity contribution in [1.82, 2.24) is 4.90 Å². The molecular weight excluding hydrogens is 454 g/mol. The molecule has 2 aliphatic rings. The molecular formula is C30H35NO5. The minimum absolute atomic E-state index is 0.0139. The molecule has 1 aromatic heterocycles. The minimum Gasteiger partial charge on any atom is -0.488 e. The maximum atomic E-state index is 13.2. The lowest BCUT2D eigenvalue weighted by Crippen LogP contribution is -2.55. The second kappa shape index (κ2) is 9.74. The van der Waals surface area contributed by atoms with Crippen LogP contribution in [0.1, 0.15) is 59.9 Å². The first-order valence-electron chi connectivity index (χ1n) is 13.0. The lowest BCUT2D eigenvalue weighted by atomic mass is 9.71. The molecule has 2 heterocycles. The van der Waals surface area contributed by atoms with Gasteiger partial charge in [-0.05, 0) is 63.3 Å². The van der Waals surface area contributed by atoms with Crippen LogP contribution in [0.4, 0.5) is 0 Å². The van der Waals surface area contributed by atoms with Gasteiger partial charge in [0.2, 0.25) is 5.91 Å². The van der Waals surface area contributed by atoms with Crippen LogP contribution < -0.4 is 10.4 Å². The van der Waals surface area contributed by atoms with Gasteiger partial charge < -0.3 is 19.2 Å². The quantitative estimate of drug-likeness (QED) is 0.511. The predicted octanol–water partition coefficient (Wildman–Crippen LogP) is 4.99. The molecule has 0 spiro atoms. The Labute approximate surface area is 211 Å². The van der Waals surface area contributed by atoms with Crippen LogP contribution in [0.15, 0.2) is 45.6 Å². The van der Waals surface area contributed by atoms with Gasteiger partial charge in [-0.2, -0.15) is 0 Å². The fourth-order valence-electron chi connectivity index (χ4n) is 5.84. The summed E-state index contributed by atoms with van der Waals surface area (Å²) in [5.41, 5.74) is 3.60. The monoisotopic (exact) mass is 489 g/mol. The van der Waals surface area contributed by atoms with E-state index in [1.54, 1.807) is 0 Å². The fraction of sp³-hybridized carbons (Fsp3) is 0.467. The number of aryl methyl sites for hydroxylation is 3. The molecule has 2 unspecified atom stereocenters. The lowest BCUT2D eigenvalue weighted by molar-refractivity contribution is -0.142. The Bertz CT molecular complexity index is 1340. The normalized spacial score (nSPS) is 21.9. The maximum absolute atomic E-state index is 13.2. The molecule has 36 heavy (non-hydrogen) atoms. The van der Waals surface area contributed by atoms with Crippen LogP contribution in [0.3, 0.4) is 0 Å². The fourth-order valence-corrected chi connectivity index (χ4v) is 5.84. The highest BCUT2D eigenvalue weighted by Crippen LogP contribution is 2.40. The van der Waals surface area contributed by atoms with Crippen molar-refractivity contribution in [1.29, 1.82) is 0 Å². The zero-order chi connectivity index (χ0) is 25.4. The smallest absolute Gasteiger partial charge is 0.340 e. The number of fused-ring (bicyclic) bond motifs is 2. The molecule has 1 aliphatic carbocycles. The van der Waals surface area contributed by atoms with Crippen molar-refractivity contribution in [3.8, 4) is 5.75 Å². The molecule has 3 aromatic rings. The Hall–Kier alpha value is -3.12. The highest BCUT2D eigenvalue weighted by molar-refractivity contribution is 5.87. The van der Waals surface area contributed by atoms with Crippen LogP contribution in [0.25, 0.3) is 11.0 Å². The number of ether oxygens (including phenoxy) is 1. The van der Waals surface area contributed by atoms with Gasteiger partial charge in [0.1, 0.15) is 17.9 Å². The van der Waals surface area contributed by atoms with Gasteiger partial charge in [0.05, 0.1) is 17.6 Å². The molecule has 0 bridgehead atoms. The lowest BCUT2D eigenvalue weighted by Gasteiger charge is -2.47. The number of carbonyl (C=O) groups excluding carboxylic acids is 1. The highest BCUT2D eigenvalue weighted by Gasteiger charge is 2.43. The number of hydrogen-bond acceptors (Lipinski definition) is 5. The third-order valence-corrected chi connectivity index (χ3v) is 8.28. The third-order valence-electron chi connectivity index (χ3n) is 8.28. The second-order valence-corrected chi connectivity index (χ2v) is 10.6. The highest BCUT2D eigenvalue weighted by atomic mass is 16.5. The number of amides is 1. The summed E-state index contributed by atoms with van der Waals surface area (Å²) >= 11 is 0. The number of hydrogen-bond donors (Lipinski definition) is 1. The van der Waals surface area contributed by atoms with E-state index in [0.29, 0.717) is 43.0 Å². The number of aliphatic hydroxyl groups is 1. The Morgan fingerprint density at radius 3 is 2.64 bits per heavy atom. The molecule has 1 aliphatic heterocycles. The number of benzene rings is 2. The molecule has 1 saturated carbocycles. The Kier molecular flexibility index (Phi) is 6.64. The summed E-state index contributed by atoms with van der Waals surface area (Å²) < 4.78 is 11.8. The van der Waals surface area contributed by atoms with Crippen LogP contribution >= 0.6 is 0 Å². The van der Waals surface area contributed by atoms with E-state index in [0.717, 1.165) is 47.8 Å². The van der Waals surface area contributed by atoms with Crippen LogP contribution in [0.5, 0.6) is 5.75 Å². The zero-order valence-corrected chi connectivity index (χ0v) is 21.4. The summed E-state index contributed by atoms with van der Waals surface area (Å²) in [7, 11) is 0. The minimum atomic E-state index is -0.635. The first kappa shape index (κ1) is 24.6. The van der Waals surface area contributed by atoms with Crippen molar-refractivity contribution in [2.24, 2.45) is 5.92 Å². The van der Waals surface area contributed by atoms with E-state index in [-0.39, 0.29) is 18.2 Å². The van der Waals surface area contributed by atoms with Crippen molar-refractivity contribution >= 4 is 16.9 Å². The van der Waals surface area contributed by atoms with Gasteiger partial charge in [0.25, 0.3) is 0 Å². The summed E-state index contributed by atoms with van der Waals surface area (Å²) in [6, 6.07) is 12.0. The first-order valence-corrected chi connectivity index (χ1v) is 13.0. The summed E-state index contributed by atoms with van der Waals surface area (Å²) in [6.07, 6.45) is 4.54. The topological polar surface area (TPSA) is 80.0 Å². The van der Waals surface area contributed by atoms with Gasteiger partial charge in [0.15, 0.2) is 0 Å². The van der Waals surface area contributed by atoms with Gasteiger partial charge >= 0.3 is 5.63 Å². The first-order chi connectivity index (χ1) is 17.2. The average Bonchev–Trinajstić information content (AvgIpc) is 2.87. The van der Waals surface area contributed by atoms with E-state index in [1.807, 2.05) is 49.9 Å². The zero-order valence-electron chi connectivity index (χ0n) is 21.4. The molecule has 190 valence electrons. The third kappa shape index (κ3) is 4.66. The van der Waals surface area contributed by atoms with Crippen LogP contribution in [0, 0.1) is 26.7 Å². The molecule has 1 N–H and O–H groups in total. The number of piperidine rings is 1. The van der Waals surface area contributed by atoms with Gasteiger partial charge in [-0.25, -0.2) is 4.79 Å². The number of rotatable bonds is 5. The van der Waals surface area contributed by atoms with Crippen molar-refractivity contribution in [2.75, 3.05) is 13.1 Å². The number of carbonyl (C=O) groups is 1. The summed E-state index contributed by atoms with van der Waals surface area (Å²) in [4.78, 5) is 28.0. The van der Waals surface area contributed by atoms with Gasteiger partial charge in [-0.15, -0.1) is 0 Å². The molecule has 1 amide bonds. The van der Waals surface area contributed by atoms with Gasteiger partial charge in [-0.1, -0.05) is 42.7 Å². The van der Waals surface area contributed by atoms with Crippen LogP contribution in [-0.2, 0) is 17.8 Å². The molecule has 1 saturated heterocycles. The molecule has 5 rings (SSSR count). The van der Waals surface area contributed by atoms with Crippen LogP contribution in [-0.4, -0.2) is 34.6 Å². The SMILES string of the molecule is Cc1ccc(COc2ccc3c(C)c(CC(=O)N4CCC5(O)CCCCC5C4)c(=O)oc3c2C)cc1. The predicted molar refractivity (Wildman–Crippen MR) is 139 cm³/mol. The largest absolute Gasteiger partial charge is 0.488 e. The number of likely N-dealkylation sites (tertiary alicyclic amines) is 1. The second-order valence-electron chi connectivity index (χ2n) is 10.6. The average molecular weight is 490 g/mol. The summed E-state index contributed by atoms with van der Waals surface area (Å²) in [5.74, 6) is 0.717. The van der Waals surface area contributed by atoms with E-state index in [4.69, 9.17) is 9.15 Å². The molecule has 2 fully saturated rings. The summed E-state index contributed by atoms with van der Waals surface area (Å²) in [6.45, 7) is 7.34.